The van der Waals surface area contributed by atoms with E-state index in [0.717, 1.165) is 24.5 Å². The van der Waals surface area contributed by atoms with E-state index < -0.39 is 0 Å². The standard InChI is InChI=1S/C21H21ClN4O/c1-16-20(15-23-26(16)19-9-7-17(22)8-10-19)21(27)25-13-11-24(12-14-25)18-5-3-2-4-6-18/h2-10,15H,11-14H2,1H3. The van der Waals surface area contributed by atoms with E-state index in [1.165, 1.54) is 5.69 Å². The molecule has 0 N–H and O–H groups in total. The summed E-state index contributed by atoms with van der Waals surface area (Å²) in [6.07, 6.45) is 1.66. The zero-order chi connectivity index (χ0) is 18.8. The molecule has 1 aliphatic heterocycles. The molecule has 1 amide bonds. The number of halogens is 1. The van der Waals surface area contributed by atoms with Crippen LogP contribution in [0.25, 0.3) is 5.69 Å². The zero-order valence-electron chi connectivity index (χ0n) is 15.2. The van der Waals surface area contributed by atoms with Gasteiger partial charge in [0.05, 0.1) is 23.1 Å². The number of piperazine rings is 1. The Balaban J connectivity index is 1.47. The molecule has 1 aromatic heterocycles. The Morgan fingerprint density at radius 1 is 0.926 bits per heavy atom. The van der Waals surface area contributed by atoms with Crippen molar-refractivity contribution >= 4 is 23.2 Å². The van der Waals surface area contributed by atoms with Gasteiger partial charge >= 0.3 is 0 Å². The summed E-state index contributed by atoms with van der Waals surface area (Å²) >= 11 is 5.96. The normalized spacial score (nSPS) is 14.4. The van der Waals surface area contributed by atoms with Gasteiger partial charge in [0.2, 0.25) is 0 Å². The summed E-state index contributed by atoms with van der Waals surface area (Å²) in [6.45, 7) is 5.01. The highest BCUT2D eigenvalue weighted by atomic mass is 35.5. The van der Waals surface area contributed by atoms with Crippen LogP contribution < -0.4 is 4.90 Å². The number of anilines is 1. The van der Waals surface area contributed by atoms with E-state index in [1.54, 1.807) is 10.9 Å². The lowest BCUT2D eigenvalue weighted by Crippen LogP contribution is -2.48. The second-order valence-corrected chi connectivity index (χ2v) is 7.08. The number of benzene rings is 2. The van der Waals surface area contributed by atoms with Gasteiger partial charge in [-0.2, -0.15) is 5.10 Å². The van der Waals surface area contributed by atoms with Crippen molar-refractivity contribution in [3.05, 3.63) is 77.1 Å². The number of aromatic nitrogens is 2. The first-order valence-corrected chi connectivity index (χ1v) is 9.41. The van der Waals surface area contributed by atoms with Gasteiger partial charge in [-0.1, -0.05) is 29.8 Å². The lowest BCUT2D eigenvalue weighted by atomic mass is 10.2. The fourth-order valence-electron chi connectivity index (χ4n) is 3.44. The maximum absolute atomic E-state index is 13.0. The Morgan fingerprint density at radius 3 is 2.26 bits per heavy atom. The summed E-state index contributed by atoms with van der Waals surface area (Å²) in [5, 5.41) is 5.09. The van der Waals surface area contributed by atoms with Crippen LogP contribution in [0.2, 0.25) is 5.02 Å². The third kappa shape index (κ3) is 3.55. The first-order valence-electron chi connectivity index (χ1n) is 9.03. The van der Waals surface area contributed by atoms with Gasteiger partial charge in [-0.25, -0.2) is 4.68 Å². The summed E-state index contributed by atoms with van der Waals surface area (Å²) < 4.78 is 1.78. The SMILES string of the molecule is Cc1c(C(=O)N2CCN(c3ccccc3)CC2)cnn1-c1ccc(Cl)cc1. The number of rotatable bonds is 3. The van der Waals surface area contributed by atoms with Crippen LogP contribution in [-0.4, -0.2) is 46.8 Å². The first-order chi connectivity index (χ1) is 13.1. The van der Waals surface area contributed by atoms with Crippen LogP contribution in [0, 0.1) is 6.92 Å². The highest BCUT2D eigenvalue weighted by Gasteiger charge is 2.25. The smallest absolute Gasteiger partial charge is 0.257 e. The lowest BCUT2D eigenvalue weighted by Gasteiger charge is -2.36. The van der Waals surface area contributed by atoms with Crippen molar-refractivity contribution < 1.29 is 4.79 Å². The van der Waals surface area contributed by atoms with Crippen LogP contribution in [0.3, 0.4) is 0 Å². The van der Waals surface area contributed by atoms with E-state index in [-0.39, 0.29) is 5.91 Å². The second-order valence-electron chi connectivity index (χ2n) is 6.65. The van der Waals surface area contributed by atoms with E-state index in [9.17, 15) is 4.79 Å². The molecule has 2 aromatic carbocycles. The van der Waals surface area contributed by atoms with Gasteiger partial charge in [0, 0.05) is 36.9 Å². The molecule has 4 rings (SSSR count). The number of carbonyl (C=O) groups is 1. The Hall–Kier alpha value is -2.79. The fraction of sp³-hybridized carbons (Fsp3) is 0.238. The first kappa shape index (κ1) is 17.6. The average Bonchev–Trinajstić information content (AvgIpc) is 3.10. The largest absolute Gasteiger partial charge is 0.368 e. The molecular weight excluding hydrogens is 360 g/mol. The molecule has 6 heteroatoms. The topological polar surface area (TPSA) is 41.4 Å². The zero-order valence-corrected chi connectivity index (χ0v) is 15.9. The third-order valence-electron chi connectivity index (χ3n) is 5.00. The van der Waals surface area contributed by atoms with Crippen LogP contribution in [0.5, 0.6) is 0 Å². The van der Waals surface area contributed by atoms with E-state index in [4.69, 9.17) is 11.6 Å². The van der Waals surface area contributed by atoms with Gasteiger partial charge in [0.1, 0.15) is 0 Å². The maximum atomic E-state index is 13.0. The molecule has 0 radical (unpaired) electrons. The summed E-state index contributed by atoms with van der Waals surface area (Å²) in [7, 11) is 0. The minimum Gasteiger partial charge on any atom is -0.368 e. The molecule has 1 aliphatic rings. The van der Waals surface area contributed by atoms with Gasteiger partial charge in [-0.3, -0.25) is 4.79 Å². The molecular formula is C21H21ClN4O. The van der Waals surface area contributed by atoms with E-state index in [2.05, 4.69) is 22.1 Å². The van der Waals surface area contributed by atoms with Gasteiger partial charge in [-0.05, 0) is 43.3 Å². The van der Waals surface area contributed by atoms with E-state index in [0.29, 0.717) is 23.7 Å². The van der Waals surface area contributed by atoms with Gasteiger partial charge < -0.3 is 9.80 Å². The average molecular weight is 381 g/mol. The Kier molecular flexibility index (Phi) is 4.86. The van der Waals surface area contributed by atoms with Crippen LogP contribution in [0.4, 0.5) is 5.69 Å². The van der Waals surface area contributed by atoms with E-state index in [1.807, 2.05) is 54.3 Å². The third-order valence-corrected chi connectivity index (χ3v) is 5.25. The summed E-state index contributed by atoms with van der Waals surface area (Å²) in [5.41, 5.74) is 3.59. The minimum atomic E-state index is 0.0421. The Morgan fingerprint density at radius 2 is 1.59 bits per heavy atom. The molecule has 2 heterocycles. The quantitative estimate of drug-likeness (QED) is 0.694. The maximum Gasteiger partial charge on any atom is 0.257 e. The molecule has 138 valence electrons. The van der Waals surface area contributed by atoms with Crippen LogP contribution in [0.1, 0.15) is 16.1 Å². The summed E-state index contributed by atoms with van der Waals surface area (Å²) in [6, 6.07) is 17.8. The molecule has 5 nitrogen and oxygen atoms in total. The molecule has 0 aliphatic carbocycles. The number of hydrogen-bond donors (Lipinski definition) is 0. The van der Waals surface area contributed by atoms with Crippen LogP contribution in [0.15, 0.2) is 60.8 Å². The Labute approximate surface area is 163 Å². The molecule has 1 fully saturated rings. The molecule has 0 atom stereocenters. The molecule has 0 bridgehead atoms. The summed E-state index contributed by atoms with van der Waals surface area (Å²) in [5.74, 6) is 0.0421. The number of carbonyl (C=O) groups excluding carboxylic acids is 1. The van der Waals surface area contributed by atoms with Gasteiger partial charge in [-0.15, -0.1) is 0 Å². The van der Waals surface area contributed by atoms with E-state index >= 15 is 0 Å². The molecule has 0 spiro atoms. The van der Waals surface area contributed by atoms with Gasteiger partial charge in [0.15, 0.2) is 0 Å². The number of para-hydroxylation sites is 1. The van der Waals surface area contributed by atoms with Crippen molar-refractivity contribution in [2.45, 2.75) is 6.92 Å². The molecule has 0 saturated carbocycles. The monoisotopic (exact) mass is 380 g/mol. The predicted octanol–water partition coefficient (Wildman–Crippen LogP) is 3.80. The number of amides is 1. The predicted molar refractivity (Wildman–Crippen MR) is 108 cm³/mol. The molecule has 27 heavy (non-hydrogen) atoms. The van der Waals surface area contributed by atoms with Crippen molar-refractivity contribution in [3.8, 4) is 5.69 Å². The molecule has 3 aromatic rings. The fourth-order valence-corrected chi connectivity index (χ4v) is 3.57. The second kappa shape index (κ2) is 7.45. The lowest BCUT2D eigenvalue weighted by molar-refractivity contribution is 0.0746. The van der Waals surface area contributed by atoms with Crippen molar-refractivity contribution in [1.29, 1.82) is 0 Å². The minimum absolute atomic E-state index is 0.0421. The van der Waals surface area contributed by atoms with Gasteiger partial charge in [0.25, 0.3) is 5.91 Å². The number of hydrogen-bond acceptors (Lipinski definition) is 3. The van der Waals surface area contributed by atoms with Crippen molar-refractivity contribution in [2.24, 2.45) is 0 Å². The molecule has 0 unspecified atom stereocenters. The summed E-state index contributed by atoms with van der Waals surface area (Å²) in [4.78, 5) is 17.2. The number of nitrogens with zero attached hydrogens (tertiary/aromatic N) is 4. The van der Waals surface area contributed by atoms with Crippen molar-refractivity contribution in [1.82, 2.24) is 14.7 Å². The van der Waals surface area contributed by atoms with Crippen molar-refractivity contribution in [2.75, 3.05) is 31.1 Å². The Bertz CT molecular complexity index is 929. The molecule has 1 saturated heterocycles. The van der Waals surface area contributed by atoms with Crippen LogP contribution >= 0.6 is 11.6 Å². The van der Waals surface area contributed by atoms with Crippen LogP contribution in [-0.2, 0) is 0 Å². The highest BCUT2D eigenvalue weighted by Crippen LogP contribution is 2.20. The van der Waals surface area contributed by atoms with Crippen molar-refractivity contribution in [3.63, 3.8) is 0 Å². The highest BCUT2D eigenvalue weighted by molar-refractivity contribution is 6.30.